The molecule has 0 N–H and O–H groups in total. The molecule has 0 nitrogen and oxygen atoms in total. The molecule has 0 aliphatic carbocycles. The van der Waals surface area contributed by atoms with Crippen molar-refractivity contribution in [2.24, 2.45) is 0 Å². The summed E-state index contributed by atoms with van der Waals surface area (Å²) >= 11 is 0. The van der Waals surface area contributed by atoms with Gasteiger partial charge in [-0.15, -0.1) is 8.19 Å². The van der Waals surface area contributed by atoms with Crippen LogP contribution < -0.4 is 21.2 Å². The Kier molecular flexibility index (Phi) is 33.8. The van der Waals surface area contributed by atoms with Crippen LogP contribution in [0.4, 0.5) is 0 Å². The van der Waals surface area contributed by atoms with Gasteiger partial charge in [0, 0.05) is 12.8 Å². The normalized spacial score (nSPS) is 11.8. The van der Waals surface area contributed by atoms with E-state index in [9.17, 15) is 0 Å². The molecule has 0 fully saturated rings. The van der Waals surface area contributed by atoms with Gasteiger partial charge in [-0.25, -0.2) is 0 Å². The molecule has 0 saturated heterocycles. The Balaban J connectivity index is 1.43. The van der Waals surface area contributed by atoms with E-state index in [1.165, 1.54) is 223 Å². The van der Waals surface area contributed by atoms with Crippen molar-refractivity contribution >= 4 is 43.9 Å². The average Bonchev–Trinajstić information content (AvgIpc) is 3.68. The van der Waals surface area contributed by atoms with E-state index in [0.29, 0.717) is 8.19 Å². The van der Waals surface area contributed by atoms with E-state index in [0.717, 1.165) is 19.3 Å². The number of rotatable bonds is 44. The minimum absolute atomic E-state index is 0.652. The standard InChI is InChI=1S/C78H113P3/c1-4-7-10-13-16-19-22-25-28-36-51-71-54-47-48-65-79-77(64-69-81(74-59-43-34-44-60-74,75-61-45-35-46-62-75)67-50-30-27-24-21-18-15-12-9-6-3)76(78(71)70-52-37-31-38-53-70)63-68-80(72-55-39-32-40-56-72,73-57-41-33-42-58-73)66-49-29-26-23-20-17-14-11-8-5-2/h31-35,37-48,52-62,65,79H,4-30,36,49-51,63-64,66-69H2,1-3H3/q+2. The van der Waals surface area contributed by atoms with Crippen molar-refractivity contribution in [1.29, 1.82) is 0 Å². The van der Waals surface area contributed by atoms with Gasteiger partial charge in [0.15, 0.2) is 0 Å². The van der Waals surface area contributed by atoms with Crippen LogP contribution in [0.25, 0.3) is 11.1 Å². The van der Waals surface area contributed by atoms with Crippen LogP contribution in [0.5, 0.6) is 0 Å². The maximum absolute atomic E-state index is 2.56. The Morgan fingerprint density at radius 2 is 0.580 bits per heavy atom. The molecule has 81 heavy (non-hydrogen) atoms. The van der Waals surface area contributed by atoms with Crippen molar-refractivity contribution in [2.45, 2.75) is 233 Å². The summed E-state index contributed by atoms with van der Waals surface area (Å²) in [4.78, 5) is 0. The first kappa shape index (κ1) is 66.4. The van der Waals surface area contributed by atoms with E-state index < -0.39 is 14.5 Å². The number of aryl methyl sites for hydroxylation is 2. The number of hydrogen-bond acceptors (Lipinski definition) is 0. The van der Waals surface area contributed by atoms with Crippen molar-refractivity contribution in [3.8, 4) is 11.1 Å². The molecule has 1 heterocycles. The Morgan fingerprint density at radius 3 is 0.951 bits per heavy atom. The zero-order valence-electron chi connectivity index (χ0n) is 51.8. The summed E-state index contributed by atoms with van der Waals surface area (Å²) in [6.07, 6.45) is 49.5. The molecule has 0 aliphatic rings. The van der Waals surface area contributed by atoms with E-state index in [2.05, 4.69) is 196 Å². The molecule has 6 aromatic rings. The molecule has 0 saturated carbocycles. The fraction of sp³-hybridized carbons (Fsp3) is 0.513. The fourth-order valence-electron chi connectivity index (χ4n) is 13.1. The van der Waals surface area contributed by atoms with Gasteiger partial charge in [-0.3, -0.25) is 0 Å². The summed E-state index contributed by atoms with van der Waals surface area (Å²) in [5, 5.41) is 8.13. The molecule has 5 aromatic carbocycles. The van der Waals surface area contributed by atoms with Gasteiger partial charge in [0.2, 0.25) is 0 Å². The molecule has 0 spiro atoms. The first-order chi connectivity index (χ1) is 40.1. The van der Waals surface area contributed by atoms with Gasteiger partial charge >= 0.3 is 0 Å². The highest BCUT2D eigenvalue weighted by Gasteiger charge is 2.44. The van der Waals surface area contributed by atoms with Crippen LogP contribution in [0, 0.1) is 0 Å². The molecule has 438 valence electrons. The lowest BCUT2D eigenvalue weighted by molar-refractivity contribution is 0.556. The minimum Gasteiger partial charge on any atom is -0.136 e. The Labute approximate surface area is 501 Å². The van der Waals surface area contributed by atoms with Crippen LogP contribution in [0.1, 0.15) is 230 Å². The van der Waals surface area contributed by atoms with Crippen molar-refractivity contribution in [3.05, 3.63) is 192 Å². The average molecular weight is 1140 g/mol. The molecule has 0 amide bonds. The molecule has 3 heteroatoms. The third kappa shape index (κ3) is 23.3. The SMILES string of the molecule is CCCCCCCCCCCCc1cccc[pH]c(CC[P+](CCCCCCCCCCCC)(c2ccccc2)c2ccccc2)c(CC[P+](CCCCCCCCCCCC)(c2ccccc2)c2ccccc2)c1-c1ccccc1. The molecule has 1 aromatic heterocycles. The fourth-order valence-corrected chi connectivity index (χ4v) is 23.2. The second-order valence-electron chi connectivity index (χ2n) is 24.1. The lowest BCUT2D eigenvalue weighted by Crippen LogP contribution is -2.29. The van der Waals surface area contributed by atoms with Gasteiger partial charge in [0.25, 0.3) is 0 Å². The molecule has 1 atom stereocenters. The van der Waals surface area contributed by atoms with Gasteiger partial charge in [-0.2, -0.15) is 0 Å². The van der Waals surface area contributed by atoms with Crippen molar-refractivity contribution in [2.75, 3.05) is 24.6 Å². The molecule has 0 bridgehead atoms. The predicted octanol–water partition coefficient (Wildman–Crippen LogP) is 23.2. The van der Waals surface area contributed by atoms with Crippen LogP contribution in [0.3, 0.4) is 0 Å². The second-order valence-corrected chi connectivity index (χ2v) is 33.0. The first-order valence-electron chi connectivity index (χ1n) is 33.7. The van der Waals surface area contributed by atoms with E-state index in [1.54, 1.807) is 43.2 Å². The molecule has 1 unspecified atom stereocenters. The van der Waals surface area contributed by atoms with Gasteiger partial charge in [0.1, 0.15) is 0 Å². The summed E-state index contributed by atoms with van der Waals surface area (Å²) in [5.41, 5.74) is 6.21. The molecule has 6 rings (SSSR count). The second kappa shape index (κ2) is 41.3. The maximum Gasteiger partial charge on any atom is 0.0991 e. The van der Waals surface area contributed by atoms with Gasteiger partial charge in [-0.1, -0.05) is 303 Å². The number of benzene rings is 5. The molecule has 0 aliphatic heterocycles. The number of unbranched alkanes of at least 4 members (excludes halogenated alkanes) is 27. The summed E-state index contributed by atoms with van der Waals surface area (Å²) in [6, 6.07) is 67.1. The lowest BCUT2D eigenvalue weighted by atomic mass is 9.91. The summed E-state index contributed by atoms with van der Waals surface area (Å²) in [5.74, 6) is 2.56. The summed E-state index contributed by atoms with van der Waals surface area (Å²) in [7, 11) is -3.01. The van der Waals surface area contributed by atoms with Gasteiger partial charge in [-0.05, 0) is 120 Å². The van der Waals surface area contributed by atoms with E-state index >= 15 is 0 Å². The summed E-state index contributed by atoms with van der Waals surface area (Å²) < 4.78 is 0. The zero-order valence-corrected chi connectivity index (χ0v) is 54.6. The van der Waals surface area contributed by atoms with Crippen molar-refractivity contribution in [3.63, 3.8) is 0 Å². The monoisotopic (exact) mass is 1140 g/mol. The highest BCUT2D eigenvalue weighted by atomic mass is 31.2. The van der Waals surface area contributed by atoms with Crippen molar-refractivity contribution in [1.82, 2.24) is 0 Å². The first-order valence-corrected chi connectivity index (χ1v) is 39.1. The van der Waals surface area contributed by atoms with Crippen LogP contribution in [0.15, 0.2) is 176 Å². The van der Waals surface area contributed by atoms with Crippen molar-refractivity contribution < 1.29 is 0 Å². The topological polar surface area (TPSA) is 0 Å². The highest BCUT2D eigenvalue weighted by molar-refractivity contribution is 7.90. The number of hydrogen-bond donors (Lipinski definition) is 0. The van der Waals surface area contributed by atoms with E-state index in [1.807, 2.05) is 0 Å². The molecular formula is C78H113P3+2. The third-order valence-electron chi connectivity index (χ3n) is 17.9. The van der Waals surface area contributed by atoms with Crippen LogP contribution in [-0.4, -0.2) is 24.6 Å². The highest BCUT2D eigenvalue weighted by Crippen LogP contribution is 2.60. The Morgan fingerprint density at radius 1 is 0.272 bits per heavy atom. The zero-order chi connectivity index (χ0) is 56.6. The minimum atomic E-state index is -1.85. The van der Waals surface area contributed by atoms with Crippen LogP contribution >= 0.6 is 22.7 Å². The Hall–Kier alpha value is -3.78. The Bertz CT molecular complexity index is 2430. The smallest absolute Gasteiger partial charge is 0.0991 e. The largest absolute Gasteiger partial charge is 0.136 e. The maximum atomic E-state index is 2.56. The quantitative estimate of drug-likeness (QED) is 0.0264. The van der Waals surface area contributed by atoms with Crippen LogP contribution in [-0.2, 0) is 19.3 Å². The third-order valence-corrected chi connectivity index (χ3v) is 28.4. The summed E-state index contributed by atoms with van der Waals surface area (Å²) in [6.45, 7) is 6.99. The van der Waals surface area contributed by atoms with E-state index in [-0.39, 0.29) is 0 Å². The lowest BCUT2D eigenvalue weighted by Gasteiger charge is -2.30. The molecular weight excluding hydrogens is 1030 g/mol. The van der Waals surface area contributed by atoms with Gasteiger partial charge in [0.05, 0.1) is 60.4 Å². The van der Waals surface area contributed by atoms with Gasteiger partial charge < -0.3 is 0 Å². The predicted molar refractivity (Wildman–Crippen MR) is 373 cm³/mol. The van der Waals surface area contributed by atoms with Crippen LogP contribution in [0.2, 0.25) is 0 Å². The van der Waals surface area contributed by atoms with E-state index in [4.69, 9.17) is 0 Å². The molecule has 0 radical (unpaired) electrons.